The zero-order chi connectivity index (χ0) is 9.68. The Hall–Kier alpha value is -0.520. The zero-order valence-electron chi connectivity index (χ0n) is 8.93. The fourth-order valence-electron chi connectivity index (χ4n) is 2.00. The first kappa shape index (κ1) is 10.6. The maximum absolute atomic E-state index is 3.37. The third kappa shape index (κ3) is 3.02. The molecule has 2 atom stereocenters. The van der Waals surface area contributed by atoms with Crippen molar-refractivity contribution in [2.75, 3.05) is 26.7 Å². The highest BCUT2D eigenvalue weighted by molar-refractivity contribution is 4.99. The minimum absolute atomic E-state index is 0.700. The minimum Gasteiger partial charge on any atom is -0.317 e. The Labute approximate surface area is 81.7 Å². The van der Waals surface area contributed by atoms with Crippen LogP contribution in [0.2, 0.25) is 0 Å². The molecule has 2 nitrogen and oxygen atoms in total. The number of nitrogens with zero attached hydrogens (tertiary/aromatic N) is 1. The van der Waals surface area contributed by atoms with Crippen LogP contribution in [-0.4, -0.2) is 37.6 Å². The average Bonchev–Trinajstić information content (AvgIpc) is 2.15. The molecule has 1 N–H and O–H groups in total. The number of likely N-dealkylation sites (tertiary alicyclic amines) is 1. The molecule has 0 aliphatic carbocycles. The fourth-order valence-corrected chi connectivity index (χ4v) is 2.00. The van der Waals surface area contributed by atoms with Crippen molar-refractivity contribution in [1.29, 1.82) is 0 Å². The Balaban J connectivity index is 2.35. The molecule has 1 fully saturated rings. The number of hydrogen-bond donors (Lipinski definition) is 1. The maximum Gasteiger partial charge on any atom is 0.0601 e. The van der Waals surface area contributed by atoms with E-state index in [1.54, 1.807) is 0 Å². The molecular weight excluding hydrogens is 160 g/mol. The third-order valence-electron chi connectivity index (χ3n) is 2.84. The predicted molar refractivity (Wildman–Crippen MR) is 56.5 cm³/mol. The van der Waals surface area contributed by atoms with Gasteiger partial charge in [0, 0.05) is 19.1 Å². The molecule has 2 heteroatoms. The van der Waals surface area contributed by atoms with Crippen molar-refractivity contribution in [3.63, 3.8) is 0 Å². The van der Waals surface area contributed by atoms with Gasteiger partial charge in [-0.25, -0.2) is 0 Å². The van der Waals surface area contributed by atoms with Gasteiger partial charge >= 0.3 is 0 Å². The molecule has 0 aromatic heterocycles. The Morgan fingerprint density at radius 3 is 2.85 bits per heavy atom. The lowest BCUT2D eigenvalue weighted by Crippen LogP contribution is -2.47. The van der Waals surface area contributed by atoms with Gasteiger partial charge < -0.3 is 5.32 Å². The molecule has 1 heterocycles. The summed E-state index contributed by atoms with van der Waals surface area (Å²) in [6, 6.07) is 0.700. The number of nitrogens with one attached hydrogen (secondary N) is 1. The summed E-state index contributed by atoms with van der Waals surface area (Å²) >= 11 is 0. The largest absolute Gasteiger partial charge is 0.317 e. The summed E-state index contributed by atoms with van der Waals surface area (Å²) in [5, 5.41) is 3.37. The second-order valence-corrected chi connectivity index (χ2v) is 3.82. The molecule has 0 spiro atoms. The van der Waals surface area contributed by atoms with Gasteiger partial charge in [0.05, 0.1) is 6.54 Å². The van der Waals surface area contributed by atoms with E-state index in [0.29, 0.717) is 6.04 Å². The van der Waals surface area contributed by atoms with E-state index in [2.05, 4.69) is 36.0 Å². The van der Waals surface area contributed by atoms with E-state index in [1.165, 1.54) is 19.5 Å². The van der Waals surface area contributed by atoms with Gasteiger partial charge in [0.25, 0.3) is 0 Å². The van der Waals surface area contributed by atoms with Crippen LogP contribution >= 0.6 is 0 Å². The highest BCUT2D eigenvalue weighted by Crippen LogP contribution is 2.15. The second kappa shape index (κ2) is 5.26. The van der Waals surface area contributed by atoms with Gasteiger partial charge in [-0.2, -0.15) is 0 Å². The topological polar surface area (TPSA) is 15.3 Å². The molecule has 0 amide bonds. The van der Waals surface area contributed by atoms with E-state index in [1.807, 2.05) is 6.92 Å². The van der Waals surface area contributed by atoms with Crippen molar-refractivity contribution in [2.45, 2.75) is 26.3 Å². The Morgan fingerprint density at radius 1 is 1.54 bits per heavy atom. The average molecular weight is 180 g/mol. The van der Waals surface area contributed by atoms with Crippen LogP contribution in [0.25, 0.3) is 0 Å². The highest BCUT2D eigenvalue weighted by Gasteiger charge is 2.23. The first-order chi connectivity index (χ1) is 6.27. The van der Waals surface area contributed by atoms with Crippen molar-refractivity contribution in [1.82, 2.24) is 10.2 Å². The lowest BCUT2D eigenvalue weighted by Gasteiger charge is -2.35. The molecule has 0 radical (unpaired) electrons. The monoisotopic (exact) mass is 180 g/mol. The molecule has 13 heavy (non-hydrogen) atoms. The third-order valence-corrected chi connectivity index (χ3v) is 2.84. The summed E-state index contributed by atoms with van der Waals surface area (Å²) in [4.78, 5) is 2.44. The summed E-state index contributed by atoms with van der Waals surface area (Å²) in [5.41, 5.74) is 0. The molecule has 1 aliphatic heterocycles. The molecule has 0 aromatic rings. The summed E-state index contributed by atoms with van der Waals surface area (Å²) in [7, 11) is 2.06. The van der Waals surface area contributed by atoms with Gasteiger partial charge in [0.15, 0.2) is 0 Å². The molecule has 0 bridgehead atoms. The van der Waals surface area contributed by atoms with Crippen molar-refractivity contribution < 1.29 is 0 Å². The van der Waals surface area contributed by atoms with Crippen LogP contribution in [0.4, 0.5) is 0 Å². The molecule has 1 saturated heterocycles. The van der Waals surface area contributed by atoms with Gasteiger partial charge in [0.2, 0.25) is 0 Å². The fraction of sp³-hybridized carbons (Fsp3) is 0.818. The lowest BCUT2D eigenvalue weighted by molar-refractivity contribution is 0.167. The van der Waals surface area contributed by atoms with Crippen LogP contribution in [0.1, 0.15) is 20.3 Å². The highest BCUT2D eigenvalue weighted by atomic mass is 15.1. The van der Waals surface area contributed by atoms with Crippen LogP contribution in [0.3, 0.4) is 0 Å². The first-order valence-corrected chi connectivity index (χ1v) is 5.07. The summed E-state index contributed by atoms with van der Waals surface area (Å²) in [6.07, 6.45) is 1.25. The van der Waals surface area contributed by atoms with E-state index in [4.69, 9.17) is 0 Å². The van der Waals surface area contributed by atoms with Crippen LogP contribution in [0.5, 0.6) is 0 Å². The summed E-state index contributed by atoms with van der Waals surface area (Å²) in [6.45, 7) is 7.53. The number of hydrogen-bond acceptors (Lipinski definition) is 2. The van der Waals surface area contributed by atoms with Gasteiger partial charge in [-0.1, -0.05) is 12.8 Å². The number of rotatable bonds is 2. The van der Waals surface area contributed by atoms with E-state index in [0.717, 1.165) is 12.5 Å². The molecule has 74 valence electrons. The Bertz CT molecular complexity index is 202. The Morgan fingerprint density at radius 2 is 2.31 bits per heavy atom. The van der Waals surface area contributed by atoms with E-state index in [9.17, 15) is 0 Å². The van der Waals surface area contributed by atoms with E-state index >= 15 is 0 Å². The molecule has 0 saturated carbocycles. The predicted octanol–water partition coefficient (Wildman–Crippen LogP) is 0.940. The van der Waals surface area contributed by atoms with Crippen LogP contribution in [-0.2, 0) is 0 Å². The summed E-state index contributed by atoms with van der Waals surface area (Å²) in [5.74, 6) is 6.82. The Kier molecular flexibility index (Phi) is 4.27. The lowest BCUT2D eigenvalue weighted by atomic mass is 9.94. The van der Waals surface area contributed by atoms with Crippen LogP contribution in [0.15, 0.2) is 0 Å². The van der Waals surface area contributed by atoms with E-state index in [-0.39, 0.29) is 0 Å². The normalized spacial score (nSPS) is 29.5. The zero-order valence-corrected chi connectivity index (χ0v) is 8.93. The van der Waals surface area contributed by atoms with Crippen molar-refractivity contribution >= 4 is 0 Å². The minimum atomic E-state index is 0.700. The van der Waals surface area contributed by atoms with Gasteiger partial charge in [-0.05, 0) is 26.3 Å². The number of piperidine rings is 1. The maximum atomic E-state index is 3.37. The molecule has 2 unspecified atom stereocenters. The van der Waals surface area contributed by atoms with Gasteiger partial charge in [0.1, 0.15) is 0 Å². The first-order valence-electron chi connectivity index (χ1n) is 5.07. The van der Waals surface area contributed by atoms with Gasteiger partial charge in [-0.15, -0.1) is 5.92 Å². The molecule has 1 rings (SSSR count). The van der Waals surface area contributed by atoms with Crippen molar-refractivity contribution in [2.24, 2.45) is 5.92 Å². The summed E-state index contributed by atoms with van der Waals surface area (Å²) < 4.78 is 0. The van der Waals surface area contributed by atoms with Crippen molar-refractivity contribution in [3.8, 4) is 11.8 Å². The SMILES string of the molecule is CC#CCN1CCC(NC)C(C)C1. The van der Waals surface area contributed by atoms with Crippen molar-refractivity contribution in [3.05, 3.63) is 0 Å². The van der Waals surface area contributed by atoms with E-state index < -0.39 is 0 Å². The molecule has 0 aromatic carbocycles. The standard InChI is InChI=1S/C11H20N2/c1-4-5-7-13-8-6-11(12-3)10(2)9-13/h10-12H,6-9H2,1-3H3. The van der Waals surface area contributed by atoms with Crippen LogP contribution in [0, 0.1) is 17.8 Å². The van der Waals surface area contributed by atoms with Crippen LogP contribution < -0.4 is 5.32 Å². The second-order valence-electron chi connectivity index (χ2n) is 3.82. The molecule has 1 aliphatic rings. The quantitative estimate of drug-likeness (QED) is 0.636. The smallest absolute Gasteiger partial charge is 0.0601 e. The van der Waals surface area contributed by atoms with Gasteiger partial charge in [-0.3, -0.25) is 4.90 Å². The molecular formula is C11H20N2.